The summed E-state index contributed by atoms with van der Waals surface area (Å²) in [4.78, 5) is 23.5. The first kappa shape index (κ1) is 21.4. The molecule has 7 heteroatoms. The van der Waals surface area contributed by atoms with Crippen molar-refractivity contribution in [1.82, 2.24) is 5.32 Å². The van der Waals surface area contributed by atoms with E-state index in [2.05, 4.69) is 24.5 Å². The van der Waals surface area contributed by atoms with Crippen LogP contribution in [-0.4, -0.2) is 37.6 Å². The minimum atomic E-state index is -0.493. The van der Waals surface area contributed by atoms with Gasteiger partial charge in [0.25, 0.3) is 11.6 Å². The summed E-state index contributed by atoms with van der Waals surface area (Å²) >= 11 is 0. The average Bonchev–Trinajstić information content (AvgIpc) is 2.68. The van der Waals surface area contributed by atoms with E-state index in [1.165, 1.54) is 6.07 Å². The summed E-state index contributed by atoms with van der Waals surface area (Å²) < 4.78 is 4.94. The Bertz CT molecular complexity index is 793. The van der Waals surface area contributed by atoms with Gasteiger partial charge >= 0.3 is 0 Å². The van der Waals surface area contributed by atoms with Crippen LogP contribution in [0, 0.1) is 16.0 Å². The molecule has 0 aliphatic carbocycles. The Kier molecular flexibility index (Phi) is 7.95. The molecule has 2 aromatic rings. The summed E-state index contributed by atoms with van der Waals surface area (Å²) in [6.45, 7) is 5.54. The van der Waals surface area contributed by atoms with Crippen molar-refractivity contribution < 1.29 is 14.5 Å². The quantitative estimate of drug-likeness (QED) is 0.368. The van der Waals surface area contributed by atoms with Crippen LogP contribution < -0.4 is 10.6 Å². The molecule has 2 N–H and O–H groups in total. The molecule has 0 heterocycles. The molecular weight excluding hydrogens is 358 g/mol. The van der Waals surface area contributed by atoms with Gasteiger partial charge in [0.05, 0.1) is 11.5 Å². The lowest BCUT2D eigenvalue weighted by Crippen LogP contribution is -2.30. The molecule has 2 rings (SSSR count). The number of nitro groups is 1. The molecular formula is C21H27N3O4. The predicted octanol–water partition coefficient (Wildman–Crippen LogP) is 3.82. The van der Waals surface area contributed by atoms with Gasteiger partial charge < -0.3 is 15.4 Å². The lowest BCUT2D eigenvalue weighted by Gasteiger charge is -2.22. The summed E-state index contributed by atoms with van der Waals surface area (Å²) in [6, 6.07) is 14.4. The molecule has 0 saturated carbocycles. The second-order valence-electron chi connectivity index (χ2n) is 6.88. The number of nitrogens with zero attached hydrogens (tertiary/aromatic N) is 1. The molecule has 150 valence electrons. The Morgan fingerprint density at radius 3 is 2.50 bits per heavy atom. The van der Waals surface area contributed by atoms with Crippen molar-refractivity contribution in [2.24, 2.45) is 5.92 Å². The number of methoxy groups -OCH3 is 1. The lowest BCUT2D eigenvalue weighted by atomic mass is 9.88. The van der Waals surface area contributed by atoms with Crippen molar-refractivity contribution in [2.45, 2.75) is 19.8 Å². The second kappa shape index (κ2) is 10.4. The fourth-order valence-electron chi connectivity index (χ4n) is 3.00. The largest absolute Gasteiger partial charge is 0.383 e. The van der Waals surface area contributed by atoms with E-state index >= 15 is 0 Å². The van der Waals surface area contributed by atoms with Crippen LogP contribution in [0.2, 0.25) is 0 Å². The van der Waals surface area contributed by atoms with Crippen LogP contribution in [-0.2, 0) is 4.74 Å². The van der Waals surface area contributed by atoms with Gasteiger partial charge in [-0.2, -0.15) is 0 Å². The monoisotopic (exact) mass is 385 g/mol. The van der Waals surface area contributed by atoms with E-state index in [1.54, 1.807) is 19.2 Å². The first-order chi connectivity index (χ1) is 13.4. The van der Waals surface area contributed by atoms with E-state index in [1.807, 2.05) is 30.3 Å². The summed E-state index contributed by atoms with van der Waals surface area (Å²) in [6.07, 6.45) is 0. The van der Waals surface area contributed by atoms with E-state index in [0.717, 1.165) is 5.56 Å². The molecule has 1 atom stereocenters. The van der Waals surface area contributed by atoms with E-state index in [0.29, 0.717) is 31.3 Å². The van der Waals surface area contributed by atoms with Gasteiger partial charge in [-0.05, 0) is 23.6 Å². The Morgan fingerprint density at radius 1 is 1.18 bits per heavy atom. The highest BCUT2D eigenvalue weighted by Crippen LogP contribution is 2.26. The minimum Gasteiger partial charge on any atom is -0.383 e. The number of rotatable bonds is 10. The van der Waals surface area contributed by atoms with Crippen molar-refractivity contribution in [1.29, 1.82) is 0 Å². The Morgan fingerprint density at radius 2 is 1.89 bits per heavy atom. The third kappa shape index (κ3) is 5.79. The molecule has 1 unspecified atom stereocenters. The molecule has 0 aliphatic heterocycles. The second-order valence-corrected chi connectivity index (χ2v) is 6.88. The van der Waals surface area contributed by atoms with Crippen LogP contribution in [0.3, 0.4) is 0 Å². The third-order valence-electron chi connectivity index (χ3n) is 4.59. The van der Waals surface area contributed by atoms with Crippen LogP contribution in [0.1, 0.15) is 35.7 Å². The number of nitrogens with one attached hydrogen (secondary N) is 2. The van der Waals surface area contributed by atoms with Crippen molar-refractivity contribution in [3.63, 3.8) is 0 Å². The van der Waals surface area contributed by atoms with Crippen LogP contribution >= 0.6 is 0 Å². The van der Waals surface area contributed by atoms with Crippen LogP contribution in [0.25, 0.3) is 0 Å². The average molecular weight is 385 g/mol. The highest BCUT2D eigenvalue weighted by atomic mass is 16.6. The number of hydrogen-bond donors (Lipinski definition) is 2. The highest BCUT2D eigenvalue weighted by molar-refractivity contribution is 5.95. The fraction of sp³-hybridized carbons (Fsp3) is 0.381. The van der Waals surface area contributed by atoms with Crippen LogP contribution in [0.15, 0.2) is 48.5 Å². The van der Waals surface area contributed by atoms with E-state index in [9.17, 15) is 14.9 Å². The number of ether oxygens (including phenoxy) is 1. The maximum atomic E-state index is 12.6. The van der Waals surface area contributed by atoms with Crippen molar-refractivity contribution in [3.8, 4) is 0 Å². The van der Waals surface area contributed by atoms with Gasteiger partial charge in [0, 0.05) is 37.7 Å². The number of nitro benzene ring substituents is 1. The zero-order chi connectivity index (χ0) is 20.5. The molecule has 0 spiro atoms. The summed E-state index contributed by atoms with van der Waals surface area (Å²) in [5, 5.41) is 17.2. The standard InChI is InChI=1S/C21H27N3O4/c1-15(2)18(16-7-5-4-6-8-16)14-23-21(25)17-9-10-19(22-11-12-28-3)20(13-17)24(26)27/h4-10,13,15,18,22H,11-12,14H2,1-3H3,(H,23,25). The molecule has 0 aliphatic rings. The number of carbonyl (C=O) groups is 1. The van der Waals surface area contributed by atoms with Gasteiger partial charge in [0.15, 0.2) is 0 Å². The summed E-state index contributed by atoms with van der Waals surface area (Å²) in [5.41, 5.74) is 1.65. The SMILES string of the molecule is COCCNc1ccc(C(=O)NCC(c2ccccc2)C(C)C)cc1[N+](=O)[O-]. The number of amides is 1. The summed E-state index contributed by atoms with van der Waals surface area (Å²) in [5.74, 6) is 0.174. The zero-order valence-electron chi connectivity index (χ0n) is 16.5. The topological polar surface area (TPSA) is 93.5 Å². The smallest absolute Gasteiger partial charge is 0.293 e. The van der Waals surface area contributed by atoms with Crippen molar-refractivity contribution >= 4 is 17.3 Å². The zero-order valence-corrected chi connectivity index (χ0v) is 16.5. The van der Waals surface area contributed by atoms with E-state index < -0.39 is 4.92 Å². The number of carbonyl (C=O) groups excluding carboxylic acids is 1. The maximum Gasteiger partial charge on any atom is 0.293 e. The van der Waals surface area contributed by atoms with Gasteiger partial charge in [-0.1, -0.05) is 44.2 Å². The predicted molar refractivity (Wildman–Crippen MR) is 110 cm³/mol. The number of benzene rings is 2. The molecule has 7 nitrogen and oxygen atoms in total. The molecule has 28 heavy (non-hydrogen) atoms. The van der Waals surface area contributed by atoms with Crippen LogP contribution in [0.5, 0.6) is 0 Å². The first-order valence-corrected chi connectivity index (χ1v) is 9.28. The molecule has 0 bridgehead atoms. The Hall–Kier alpha value is -2.93. The van der Waals surface area contributed by atoms with Gasteiger partial charge in [-0.25, -0.2) is 0 Å². The third-order valence-corrected chi connectivity index (χ3v) is 4.59. The molecule has 0 saturated heterocycles. The van der Waals surface area contributed by atoms with Crippen molar-refractivity contribution in [3.05, 3.63) is 69.8 Å². The van der Waals surface area contributed by atoms with Crippen LogP contribution in [0.4, 0.5) is 11.4 Å². The molecule has 0 aromatic heterocycles. The Balaban J connectivity index is 2.10. The van der Waals surface area contributed by atoms with Crippen molar-refractivity contribution in [2.75, 3.05) is 32.1 Å². The minimum absolute atomic E-state index is 0.132. The highest BCUT2D eigenvalue weighted by Gasteiger charge is 2.20. The van der Waals surface area contributed by atoms with Gasteiger partial charge in [0.1, 0.15) is 5.69 Å². The van der Waals surface area contributed by atoms with E-state index in [-0.39, 0.29) is 23.1 Å². The molecule has 0 fully saturated rings. The van der Waals surface area contributed by atoms with Gasteiger partial charge in [-0.15, -0.1) is 0 Å². The Labute approximate surface area is 165 Å². The van der Waals surface area contributed by atoms with Gasteiger partial charge in [0.2, 0.25) is 0 Å². The molecule has 2 aromatic carbocycles. The first-order valence-electron chi connectivity index (χ1n) is 9.28. The molecule has 1 amide bonds. The van der Waals surface area contributed by atoms with E-state index in [4.69, 9.17) is 4.74 Å². The number of anilines is 1. The maximum absolute atomic E-state index is 12.6. The number of hydrogen-bond acceptors (Lipinski definition) is 5. The van der Waals surface area contributed by atoms with Gasteiger partial charge in [-0.3, -0.25) is 14.9 Å². The fourth-order valence-corrected chi connectivity index (χ4v) is 3.00. The summed E-state index contributed by atoms with van der Waals surface area (Å²) in [7, 11) is 1.56. The lowest BCUT2D eigenvalue weighted by molar-refractivity contribution is -0.384. The normalized spacial score (nSPS) is 11.9. The molecule has 0 radical (unpaired) electrons.